The van der Waals surface area contributed by atoms with Crippen LogP contribution < -0.4 is 0 Å². The molecule has 0 amide bonds. The van der Waals surface area contributed by atoms with Gasteiger partial charge in [-0.25, -0.2) is 0 Å². The van der Waals surface area contributed by atoms with Gasteiger partial charge in [-0.15, -0.1) is 0 Å². The van der Waals surface area contributed by atoms with Gasteiger partial charge in [0.05, 0.1) is 0 Å². The van der Waals surface area contributed by atoms with Gasteiger partial charge >= 0.3 is 5.97 Å². The Balaban J connectivity index is 2.02. The molecule has 1 aliphatic rings. The second-order valence-electron chi connectivity index (χ2n) is 4.96. The molecule has 17 heavy (non-hydrogen) atoms. The van der Waals surface area contributed by atoms with Crippen molar-refractivity contribution >= 4 is 5.97 Å². The number of hydrogen-bond acceptors (Lipinski definition) is 2. The standard InChI is InChI=1S/C14H19NO2/c16-14(17)10-13(12-3-1-2-4-12)9-11-5-7-15-8-6-11/h5-8,12-13H,1-4,9-10H2,(H,16,17). The van der Waals surface area contributed by atoms with E-state index in [4.69, 9.17) is 5.11 Å². The molecule has 0 aromatic carbocycles. The van der Waals surface area contributed by atoms with Crippen molar-refractivity contribution in [2.24, 2.45) is 11.8 Å². The van der Waals surface area contributed by atoms with E-state index in [-0.39, 0.29) is 5.92 Å². The molecule has 1 saturated carbocycles. The Hall–Kier alpha value is -1.38. The van der Waals surface area contributed by atoms with Crippen molar-refractivity contribution < 1.29 is 9.90 Å². The van der Waals surface area contributed by atoms with Gasteiger partial charge < -0.3 is 5.11 Å². The Morgan fingerprint density at radius 2 is 2.00 bits per heavy atom. The molecule has 1 aromatic heterocycles. The first-order chi connectivity index (χ1) is 8.25. The van der Waals surface area contributed by atoms with Gasteiger partial charge in [0.25, 0.3) is 0 Å². The molecule has 1 N–H and O–H groups in total. The third kappa shape index (κ3) is 3.55. The van der Waals surface area contributed by atoms with Crippen LogP contribution in [0.5, 0.6) is 0 Å². The molecule has 0 saturated heterocycles. The number of carbonyl (C=O) groups is 1. The molecular weight excluding hydrogens is 214 g/mol. The number of aliphatic carboxylic acids is 1. The molecule has 0 bridgehead atoms. The van der Waals surface area contributed by atoms with Crippen molar-refractivity contribution in [2.75, 3.05) is 0 Å². The summed E-state index contributed by atoms with van der Waals surface area (Å²) in [5.41, 5.74) is 1.21. The van der Waals surface area contributed by atoms with Gasteiger partial charge in [0.1, 0.15) is 0 Å². The van der Waals surface area contributed by atoms with E-state index in [9.17, 15) is 4.79 Å². The lowest BCUT2D eigenvalue weighted by Crippen LogP contribution is -2.18. The van der Waals surface area contributed by atoms with Gasteiger partial charge in [0.2, 0.25) is 0 Å². The minimum absolute atomic E-state index is 0.289. The summed E-state index contributed by atoms with van der Waals surface area (Å²) >= 11 is 0. The summed E-state index contributed by atoms with van der Waals surface area (Å²) < 4.78 is 0. The van der Waals surface area contributed by atoms with E-state index in [0.29, 0.717) is 12.3 Å². The molecule has 1 fully saturated rings. The van der Waals surface area contributed by atoms with Crippen molar-refractivity contribution in [3.8, 4) is 0 Å². The summed E-state index contributed by atoms with van der Waals surface area (Å²) in [6.07, 6.45) is 9.65. The topological polar surface area (TPSA) is 50.2 Å². The fourth-order valence-electron chi connectivity index (χ4n) is 2.88. The number of carboxylic acid groups (broad SMARTS) is 1. The van der Waals surface area contributed by atoms with Crippen molar-refractivity contribution in [3.63, 3.8) is 0 Å². The second kappa shape index (κ2) is 5.80. The smallest absolute Gasteiger partial charge is 0.303 e. The van der Waals surface area contributed by atoms with Crippen molar-refractivity contribution in [2.45, 2.75) is 38.5 Å². The summed E-state index contributed by atoms with van der Waals surface area (Å²) in [6.45, 7) is 0. The minimum atomic E-state index is -0.670. The average Bonchev–Trinajstić information content (AvgIpc) is 2.82. The molecule has 1 unspecified atom stereocenters. The van der Waals surface area contributed by atoms with Crippen LogP contribution >= 0.6 is 0 Å². The molecule has 92 valence electrons. The number of rotatable bonds is 5. The minimum Gasteiger partial charge on any atom is -0.481 e. The van der Waals surface area contributed by atoms with E-state index in [1.165, 1.54) is 31.2 Å². The number of pyridine rings is 1. The molecule has 1 atom stereocenters. The normalized spacial score (nSPS) is 18.1. The molecule has 1 aromatic rings. The molecule has 0 radical (unpaired) electrons. The van der Waals surface area contributed by atoms with E-state index in [1.807, 2.05) is 12.1 Å². The zero-order valence-corrected chi connectivity index (χ0v) is 10.0. The predicted molar refractivity (Wildman–Crippen MR) is 65.6 cm³/mol. The van der Waals surface area contributed by atoms with Gasteiger partial charge in [-0.05, 0) is 36.0 Å². The van der Waals surface area contributed by atoms with Crippen LogP contribution in [0.2, 0.25) is 0 Å². The zero-order chi connectivity index (χ0) is 12.1. The van der Waals surface area contributed by atoms with E-state index >= 15 is 0 Å². The highest BCUT2D eigenvalue weighted by Gasteiger charge is 2.26. The summed E-state index contributed by atoms with van der Waals surface area (Å²) in [5.74, 6) is 0.215. The monoisotopic (exact) mass is 233 g/mol. The van der Waals surface area contributed by atoms with Crippen LogP contribution in [0.25, 0.3) is 0 Å². The third-order valence-corrected chi connectivity index (χ3v) is 3.75. The van der Waals surface area contributed by atoms with Crippen molar-refractivity contribution in [1.29, 1.82) is 0 Å². The van der Waals surface area contributed by atoms with Gasteiger partial charge in [-0.3, -0.25) is 9.78 Å². The lowest BCUT2D eigenvalue weighted by atomic mass is 9.83. The fraction of sp³-hybridized carbons (Fsp3) is 0.571. The average molecular weight is 233 g/mol. The molecule has 1 heterocycles. The molecule has 3 heteroatoms. The molecular formula is C14H19NO2. The Labute approximate surface area is 102 Å². The Morgan fingerprint density at radius 3 is 2.59 bits per heavy atom. The first-order valence-corrected chi connectivity index (χ1v) is 6.36. The summed E-state index contributed by atoms with van der Waals surface area (Å²) in [4.78, 5) is 14.9. The van der Waals surface area contributed by atoms with E-state index in [0.717, 1.165) is 6.42 Å². The maximum atomic E-state index is 10.9. The first-order valence-electron chi connectivity index (χ1n) is 6.36. The van der Waals surface area contributed by atoms with Gasteiger partial charge in [-0.1, -0.05) is 25.7 Å². The van der Waals surface area contributed by atoms with Gasteiger partial charge in [0.15, 0.2) is 0 Å². The third-order valence-electron chi connectivity index (χ3n) is 3.75. The van der Waals surface area contributed by atoms with Crippen LogP contribution in [-0.4, -0.2) is 16.1 Å². The maximum absolute atomic E-state index is 10.9. The second-order valence-corrected chi connectivity index (χ2v) is 4.96. The summed E-state index contributed by atoms with van der Waals surface area (Å²) in [7, 11) is 0. The number of aromatic nitrogens is 1. The Morgan fingerprint density at radius 1 is 1.35 bits per heavy atom. The van der Waals surface area contributed by atoms with Gasteiger partial charge in [0, 0.05) is 18.8 Å². The Bertz CT molecular complexity index is 358. The highest BCUT2D eigenvalue weighted by Crippen LogP contribution is 2.34. The van der Waals surface area contributed by atoms with Crippen LogP contribution in [0.3, 0.4) is 0 Å². The Kier molecular flexibility index (Phi) is 4.13. The number of hydrogen-bond donors (Lipinski definition) is 1. The van der Waals surface area contributed by atoms with E-state index in [1.54, 1.807) is 12.4 Å². The predicted octanol–water partition coefficient (Wildman–Crippen LogP) is 2.91. The van der Waals surface area contributed by atoms with Crippen LogP contribution in [0.1, 0.15) is 37.7 Å². The molecule has 1 aliphatic carbocycles. The van der Waals surface area contributed by atoms with Crippen molar-refractivity contribution in [1.82, 2.24) is 4.98 Å². The highest BCUT2D eigenvalue weighted by atomic mass is 16.4. The van der Waals surface area contributed by atoms with Crippen molar-refractivity contribution in [3.05, 3.63) is 30.1 Å². The summed E-state index contributed by atoms with van der Waals surface area (Å²) in [5, 5.41) is 9.01. The molecule has 0 aliphatic heterocycles. The molecule has 0 spiro atoms. The quantitative estimate of drug-likeness (QED) is 0.850. The summed E-state index contributed by atoms with van der Waals surface area (Å²) in [6, 6.07) is 3.98. The van der Waals surface area contributed by atoms with E-state index in [2.05, 4.69) is 4.98 Å². The van der Waals surface area contributed by atoms with Crippen LogP contribution in [-0.2, 0) is 11.2 Å². The lowest BCUT2D eigenvalue weighted by molar-refractivity contribution is -0.138. The zero-order valence-electron chi connectivity index (χ0n) is 10.0. The molecule has 3 nitrogen and oxygen atoms in total. The molecule has 2 rings (SSSR count). The lowest BCUT2D eigenvalue weighted by Gasteiger charge is -2.21. The highest BCUT2D eigenvalue weighted by molar-refractivity contribution is 5.67. The fourth-order valence-corrected chi connectivity index (χ4v) is 2.88. The number of carboxylic acids is 1. The van der Waals surface area contributed by atoms with Crippen LogP contribution in [0, 0.1) is 11.8 Å². The maximum Gasteiger partial charge on any atom is 0.303 e. The number of nitrogens with zero attached hydrogens (tertiary/aromatic N) is 1. The largest absolute Gasteiger partial charge is 0.481 e. The van der Waals surface area contributed by atoms with Crippen LogP contribution in [0.15, 0.2) is 24.5 Å². The van der Waals surface area contributed by atoms with E-state index < -0.39 is 5.97 Å². The van der Waals surface area contributed by atoms with Gasteiger partial charge in [-0.2, -0.15) is 0 Å². The SMILES string of the molecule is O=C(O)CC(Cc1ccncc1)C1CCCC1. The van der Waals surface area contributed by atoms with Crippen LogP contribution in [0.4, 0.5) is 0 Å². The first kappa shape index (κ1) is 12.1.